The van der Waals surface area contributed by atoms with Gasteiger partial charge in [-0.3, -0.25) is 0 Å². The van der Waals surface area contributed by atoms with Crippen molar-refractivity contribution in [3.8, 4) is 0 Å². The van der Waals surface area contributed by atoms with Gasteiger partial charge in [0.1, 0.15) is 0 Å². The van der Waals surface area contributed by atoms with Crippen molar-refractivity contribution in [2.75, 3.05) is 13.1 Å². The summed E-state index contributed by atoms with van der Waals surface area (Å²) in [5, 5.41) is 3.57. The van der Waals surface area contributed by atoms with Crippen molar-refractivity contribution >= 4 is 0 Å². The Labute approximate surface area is 102 Å². The van der Waals surface area contributed by atoms with E-state index in [1.807, 2.05) is 0 Å². The summed E-state index contributed by atoms with van der Waals surface area (Å²) in [6.07, 6.45) is 8.41. The molecule has 1 rings (SSSR count). The van der Waals surface area contributed by atoms with Gasteiger partial charge < -0.3 is 5.32 Å². The monoisotopic (exact) mass is 225 g/mol. The smallest absolute Gasteiger partial charge is 0.00205 e. The Hall–Kier alpha value is -0.0400. The second kappa shape index (κ2) is 6.64. The first-order chi connectivity index (χ1) is 7.60. The van der Waals surface area contributed by atoms with E-state index in [0.29, 0.717) is 5.41 Å². The van der Waals surface area contributed by atoms with Crippen LogP contribution in [0.15, 0.2) is 0 Å². The highest BCUT2D eigenvalue weighted by molar-refractivity contribution is 4.83. The molecule has 0 bridgehead atoms. The van der Waals surface area contributed by atoms with Crippen molar-refractivity contribution in [1.29, 1.82) is 0 Å². The molecule has 0 aromatic carbocycles. The zero-order valence-electron chi connectivity index (χ0n) is 11.8. The zero-order chi connectivity index (χ0) is 12.0. The van der Waals surface area contributed by atoms with Crippen LogP contribution in [-0.4, -0.2) is 13.1 Å². The third kappa shape index (κ3) is 4.08. The van der Waals surface area contributed by atoms with Gasteiger partial charge in [0.15, 0.2) is 0 Å². The molecule has 0 amide bonds. The molecule has 0 aromatic heterocycles. The van der Waals surface area contributed by atoms with Crippen molar-refractivity contribution in [3.05, 3.63) is 0 Å². The molecule has 1 saturated carbocycles. The molecule has 0 heterocycles. The minimum Gasteiger partial charge on any atom is -0.316 e. The quantitative estimate of drug-likeness (QED) is 0.667. The Bertz CT molecular complexity index is 178. The number of nitrogens with one attached hydrogen (secondary N) is 1. The van der Waals surface area contributed by atoms with Gasteiger partial charge >= 0.3 is 0 Å². The van der Waals surface area contributed by atoms with Crippen LogP contribution in [0.25, 0.3) is 0 Å². The van der Waals surface area contributed by atoms with E-state index >= 15 is 0 Å². The van der Waals surface area contributed by atoms with Crippen LogP contribution in [0.1, 0.15) is 66.2 Å². The summed E-state index contributed by atoms with van der Waals surface area (Å²) in [7, 11) is 0. The second-order valence-electron chi connectivity index (χ2n) is 6.26. The largest absolute Gasteiger partial charge is 0.316 e. The van der Waals surface area contributed by atoms with E-state index in [-0.39, 0.29) is 0 Å². The predicted octanol–water partition coefficient (Wildman–Crippen LogP) is 4.23. The fourth-order valence-electron chi connectivity index (χ4n) is 2.92. The summed E-state index contributed by atoms with van der Waals surface area (Å²) in [6.45, 7) is 11.9. The lowest BCUT2D eigenvalue weighted by Gasteiger charge is -2.39. The van der Waals surface area contributed by atoms with E-state index < -0.39 is 0 Å². The predicted molar refractivity (Wildman–Crippen MR) is 72.7 cm³/mol. The maximum Gasteiger partial charge on any atom is -0.00205 e. The van der Waals surface area contributed by atoms with Crippen LogP contribution < -0.4 is 5.32 Å². The second-order valence-corrected chi connectivity index (χ2v) is 6.26. The molecule has 1 fully saturated rings. The average Bonchev–Trinajstić information content (AvgIpc) is 2.30. The lowest BCUT2D eigenvalue weighted by molar-refractivity contribution is 0.128. The number of rotatable bonds is 6. The van der Waals surface area contributed by atoms with Crippen molar-refractivity contribution in [3.63, 3.8) is 0 Å². The molecule has 1 aliphatic carbocycles. The molecule has 1 nitrogen and oxygen atoms in total. The fraction of sp³-hybridized carbons (Fsp3) is 1.00. The Morgan fingerprint density at radius 1 is 1.06 bits per heavy atom. The van der Waals surface area contributed by atoms with E-state index in [1.165, 1.54) is 51.6 Å². The molecular formula is C15H31N. The SMILES string of the molecule is CCCNCC1CCC(C(C)(C)CC)CC1. The summed E-state index contributed by atoms with van der Waals surface area (Å²) in [6, 6.07) is 0. The van der Waals surface area contributed by atoms with Crippen LogP contribution in [0.2, 0.25) is 0 Å². The maximum absolute atomic E-state index is 3.57. The summed E-state index contributed by atoms with van der Waals surface area (Å²) in [5.74, 6) is 1.93. The first-order valence-electron chi connectivity index (χ1n) is 7.30. The van der Waals surface area contributed by atoms with Crippen LogP contribution in [0.3, 0.4) is 0 Å². The fourth-order valence-corrected chi connectivity index (χ4v) is 2.92. The standard InChI is InChI=1S/C15H31N/c1-5-11-16-12-13-7-9-14(10-8-13)15(3,4)6-2/h13-14,16H,5-12H2,1-4H3. The van der Waals surface area contributed by atoms with Gasteiger partial charge in [-0.05, 0) is 62.4 Å². The van der Waals surface area contributed by atoms with Gasteiger partial charge in [0, 0.05) is 0 Å². The molecule has 0 atom stereocenters. The minimum atomic E-state index is 0.571. The molecule has 1 N–H and O–H groups in total. The van der Waals surface area contributed by atoms with E-state index in [9.17, 15) is 0 Å². The molecule has 0 radical (unpaired) electrons. The van der Waals surface area contributed by atoms with Crippen molar-refractivity contribution < 1.29 is 0 Å². The highest BCUT2D eigenvalue weighted by Crippen LogP contribution is 2.41. The van der Waals surface area contributed by atoms with E-state index in [4.69, 9.17) is 0 Å². The van der Waals surface area contributed by atoms with Crippen LogP contribution in [0, 0.1) is 17.3 Å². The van der Waals surface area contributed by atoms with Gasteiger partial charge in [-0.25, -0.2) is 0 Å². The lowest BCUT2D eigenvalue weighted by Crippen LogP contribution is -2.31. The van der Waals surface area contributed by atoms with Gasteiger partial charge in [-0.2, -0.15) is 0 Å². The summed E-state index contributed by atoms with van der Waals surface area (Å²) >= 11 is 0. The lowest BCUT2D eigenvalue weighted by atomic mass is 9.67. The molecular weight excluding hydrogens is 194 g/mol. The summed E-state index contributed by atoms with van der Waals surface area (Å²) in [5.41, 5.74) is 0.571. The molecule has 0 saturated heterocycles. The highest BCUT2D eigenvalue weighted by atomic mass is 14.8. The third-order valence-corrected chi connectivity index (χ3v) is 4.72. The van der Waals surface area contributed by atoms with E-state index in [2.05, 4.69) is 33.0 Å². The summed E-state index contributed by atoms with van der Waals surface area (Å²) < 4.78 is 0. The molecule has 0 unspecified atom stereocenters. The van der Waals surface area contributed by atoms with Gasteiger partial charge in [0.25, 0.3) is 0 Å². The Balaban J connectivity index is 2.23. The average molecular weight is 225 g/mol. The van der Waals surface area contributed by atoms with E-state index in [0.717, 1.165) is 11.8 Å². The summed E-state index contributed by atoms with van der Waals surface area (Å²) in [4.78, 5) is 0. The number of hydrogen-bond acceptors (Lipinski definition) is 1. The minimum absolute atomic E-state index is 0.571. The first-order valence-corrected chi connectivity index (χ1v) is 7.30. The maximum atomic E-state index is 3.57. The first kappa shape index (κ1) is 14.0. The van der Waals surface area contributed by atoms with Gasteiger partial charge in [-0.1, -0.05) is 34.1 Å². The van der Waals surface area contributed by atoms with Crippen molar-refractivity contribution in [1.82, 2.24) is 5.32 Å². The van der Waals surface area contributed by atoms with Crippen LogP contribution in [0.4, 0.5) is 0 Å². The Morgan fingerprint density at radius 2 is 1.69 bits per heavy atom. The molecule has 0 spiro atoms. The van der Waals surface area contributed by atoms with Crippen molar-refractivity contribution in [2.24, 2.45) is 17.3 Å². The molecule has 0 aromatic rings. The number of hydrogen-bond donors (Lipinski definition) is 1. The van der Waals surface area contributed by atoms with Gasteiger partial charge in [-0.15, -0.1) is 0 Å². The van der Waals surface area contributed by atoms with Crippen LogP contribution in [0.5, 0.6) is 0 Å². The van der Waals surface area contributed by atoms with Gasteiger partial charge in [0.2, 0.25) is 0 Å². The Kier molecular flexibility index (Phi) is 5.82. The zero-order valence-corrected chi connectivity index (χ0v) is 11.8. The Morgan fingerprint density at radius 3 is 2.19 bits per heavy atom. The molecule has 1 aliphatic rings. The van der Waals surface area contributed by atoms with Gasteiger partial charge in [0.05, 0.1) is 0 Å². The normalized spacial score (nSPS) is 27.0. The topological polar surface area (TPSA) is 12.0 Å². The van der Waals surface area contributed by atoms with Crippen molar-refractivity contribution in [2.45, 2.75) is 66.2 Å². The third-order valence-electron chi connectivity index (χ3n) is 4.72. The molecule has 0 aliphatic heterocycles. The van der Waals surface area contributed by atoms with Crippen LogP contribution >= 0.6 is 0 Å². The van der Waals surface area contributed by atoms with E-state index in [1.54, 1.807) is 0 Å². The molecule has 1 heteroatoms. The highest BCUT2D eigenvalue weighted by Gasteiger charge is 2.31. The molecule has 96 valence electrons. The van der Waals surface area contributed by atoms with Crippen LogP contribution in [-0.2, 0) is 0 Å². The molecule has 16 heavy (non-hydrogen) atoms.